The fourth-order valence-corrected chi connectivity index (χ4v) is 3.82. The Bertz CT molecular complexity index is 737. The molecule has 0 amide bonds. The molecule has 3 aromatic rings. The molecule has 0 fully saturated rings. The predicted molar refractivity (Wildman–Crippen MR) is 91.5 cm³/mol. The van der Waals surface area contributed by atoms with Crippen molar-refractivity contribution in [1.82, 2.24) is 0 Å². The van der Waals surface area contributed by atoms with Gasteiger partial charge in [0.2, 0.25) is 0 Å². The lowest BCUT2D eigenvalue weighted by molar-refractivity contribution is 0.645. The molecule has 0 heterocycles. The summed E-state index contributed by atoms with van der Waals surface area (Å²) in [7, 11) is -1.32. The molecular weight excluding hydrogens is 275 g/mol. The number of aryl methyl sites for hydroxylation is 1. The number of hydrogen-bond acceptors (Lipinski definition) is 1. The first-order valence-corrected chi connectivity index (χ1v) is 8.25. The predicted octanol–water partition coefficient (Wildman–Crippen LogP) is 4.00. The van der Waals surface area contributed by atoms with E-state index in [1.54, 1.807) is 0 Å². The van der Waals surface area contributed by atoms with Crippen LogP contribution in [-0.4, -0.2) is 4.89 Å². The highest BCUT2D eigenvalue weighted by atomic mass is 31.1. The maximum atomic E-state index is 10.8. The van der Waals surface area contributed by atoms with Crippen LogP contribution in [0, 0.1) is 6.92 Å². The number of hydrogen-bond donors (Lipinski definition) is 1. The Balaban J connectivity index is 2.08. The third-order valence-corrected chi connectivity index (χ3v) is 5.10. The van der Waals surface area contributed by atoms with Gasteiger partial charge in [0.25, 0.3) is 0 Å². The SMILES string of the molecule is Cc1cccc(-c2ccccc2P(O)c2ccccc2)c1. The molecule has 0 saturated carbocycles. The van der Waals surface area contributed by atoms with E-state index in [9.17, 15) is 4.89 Å². The minimum Gasteiger partial charge on any atom is -0.364 e. The number of rotatable bonds is 3. The second-order valence-electron chi connectivity index (χ2n) is 5.03. The third kappa shape index (κ3) is 3.05. The summed E-state index contributed by atoms with van der Waals surface area (Å²) in [6.45, 7) is 2.09. The summed E-state index contributed by atoms with van der Waals surface area (Å²) in [6, 6.07) is 26.4. The molecule has 3 rings (SSSR count). The summed E-state index contributed by atoms with van der Waals surface area (Å²) in [4.78, 5) is 10.8. The van der Waals surface area contributed by atoms with E-state index in [4.69, 9.17) is 0 Å². The van der Waals surface area contributed by atoms with E-state index in [2.05, 4.69) is 37.3 Å². The van der Waals surface area contributed by atoms with Crippen LogP contribution in [0.15, 0.2) is 78.9 Å². The Labute approximate surface area is 126 Å². The molecule has 0 aliphatic heterocycles. The average Bonchev–Trinajstić information content (AvgIpc) is 2.55. The molecule has 0 bridgehead atoms. The van der Waals surface area contributed by atoms with E-state index in [0.717, 1.165) is 21.7 Å². The maximum absolute atomic E-state index is 10.8. The van der Waals surface area contributed by atoms with Gasteiger partial charge >= 0.3 is 0 Å². The zero-order valence-electron chi connectivity index (χ0n) is 11.9. The van der Waals surface area contributed by atoms with Crippen LogP contribution in [0.1, 0.15) is 5.56 Å². The molecule has 3 aromatic carbocycles. The summed E-state index contributed by atoms with van der Waals surface area (Å²) in [5.74, 6) is 0. The summed E-state index contributed by atoms with van der Waals surface area (Å²) in [6.07, 6.45) is 0. The molecule has 104 valence electrons. The van der Waals surface area contributed by atoms with Crippen molar-refractivity contribution >= 4 is 18.8 Å². The molecule has 0 aliphatic rings. The normalized spacial score (nSPS) is 12.1. The third-order valence-electron chi connectivity index (χ3n) is 3.46. The van der Waals surface area contributed by atoms with Crippen LogP contribution < -0.4 is 10.6 Å². The van der Waals surface area contributed by atoms with Crippen LogP contribution in [0.2, 0.25) is 0 Å². The van der Waals surface area contributed by atoms with Crippen molar-refractivity contribution in [2.45, 2.75) is 6.92 Å². The van der Waals surface area contributed by atoms with Crippen molar-refractivity contribution in [3.8, 4) is 11.1 Å². The average molecular weight is 292 g/mol. The molecule has 1 atom stereocenters. The van der Waals surface area contributed by atoms with Gasteiger partial charge in [-0.3, -0.25) is 0 Å². The van der Waals surface area contributed by atoms with Gasteiger partial charge in [0.15, 0.2) is 0 Å². The number of benzene rings is 3. The van der Waals surface area contributed by atoms with Crippen LogP contribution in [0.5, 0.6) is 0 Å². The van der Waals surface area contributed by atoms with Gasteiger partial charge in [0, 0.05) is 10.6 Å². The van der Waals surface area contributed by atoms with Gasteiger partial charge in [0.1, 0.15) is 0 Å². The molecule has 0 radical (unpaired) electrons. The summed E-state index contributed by atoms with van der Waals surface area (Å²) >= 11 is 0. The molecular formula is C19H17OP. The largest absolute Gasteiger partial charge is 0.364 e. The lowest BCUT2D eigenvalue weighted by Crippen LogP contribution is -2.13. The minimum atomic E-state index is -1.32. The van der Waals surface area contributed by atoms with Crippen molar-refractivity contribution in [3.05, 3.63) is 84.4 Å². The second-order valence-corrected chi connectivity index (χ2v) is 6.66. The second kappa shape index (κ2) is 6.22. The van der Waals surface area contributed by atoms with Crippen molar-refractivity contribution < 1.29 is 4.89 Å². The van der Waals surface area contributed by atoms with E-state index in [0.29, 0.717) is 0 Å². The quantitative estimate of drug-likeness (QED) is 0.723. The van der Waals surface area contributed by atoms with Crippen molar-refractivity contribution in [1.29, 1.82) is 0 Å². The van der Waals surface area contributed by atoms with Gasteiger partial charge in [-0.05, 0) is 18.1 Å². The van der Waals surface area contributed by atoms with E-state index in [-0.39, 0.29) is 0 Å². The van der Waals surface area contributed by atoms with E-state index in [1.165, 1.54) is 5.56 Å². The van der Waals surface area contributed by atoms with Gasteiger partial charge in [-0.2, -0.15) is 0 Å². The Morgan fingerprint density at radius 1 is 0.762 bits per heavy atom. The summed E-state index contributed by atoms with van der Waals surface area (Å²) < 4.78 is 0. The molecule has 0 saturated heterocycles. The van der Waals surface area contributed by atoms with Crippen molar-refractivity contribution in [3.63, 3.8) is 0 Å². The minimum absolute atomic E-state index is 0.979. The van der Waals surface area contributed by atoms with Crippen LogP contribution in [-0.2, 0) is 0 Å². The zero-order chi connectivity index (χ0) is 14.7. The Morgan fingerprint density at radius 2 is 1.48 bits per heavy atom. The van der Waals surface area contributed by atoms with Crippen molar-refractivity contribution in [2.75, 3.05) is 0 Å². The van der Waals surface area contributed by atoms with E-state index >= 15 is 0 Å². The lowest BCUT2D eigenvalue weighted by Gasteiger charge is -2.16. The highest BCUT2D eigenvalue weighted by Gasteiger charge is 2.15. The van der Waals surface area contributed by atoms with Crippen LogP contribution in [0.4, 0.5) is 0 Å². The molecule has 1 N–H and O–H groups in total. The van der Waals surface area contributed by atoms with Gasteiger partial charge in [-0.15, -0.1) is 0 Å². The van der Waals surface area contributed by atoms with Gasteiger partial charge in [-0.25, -0.2) is 0 Å². The van der Waals surface area contributed by atoms with Crippen LogP contribution in [0.25, 0.3) is 11.1 Å². The molecule has 0 aromatic heterocycles. The van der Waals surface area contributed by atoms with Gasteiger partial charge < -0.3 is 4.89 Å². The lowest BCUT2D eigenvalue weighted by atomic mass is 10.0. The monoisotopic (exact) mass is 292 g/mol. The first-order chi connectivity index (χ1) is 10.3. The first kappa shape index (κ1) is 14.0. The molecule has 2 heteroatoms. The topological polar surface area (TPSA) is 20.2 Å². The fourth-order valence-electron chi connectivity index (χ4n) is 2.42. The standard InChI is InChI=1S/C19H17OP/c1-15-8-7-9-16(14-15)18-12-5-6-13-19(18)21(20)17-10-3-2-4-11-17/h2-14,20H,1H3. The van der Waals surface area contributed by atoms with Crippen LogP contribution in [0.3, 0.4) is 0 Å². The van der Waals surface area contributed by atoms with E-state index < -0.39 is 8.15 Å². The van der Waals surface area contributed by atoms with Gasteiger partial charge in [-0.1, -0.05) is 84.4 Å². The molecule has 0 aliphatic carbocycles. The van der Waals surface area contributed by atoms with Crippen LogP contribution >= 0.6 is 8.15 Å². The molecule has 1 unspecified atom stereocenters. The Hall–Kier alpha value is -1.95. The highest BCUT2D eigenvalue weighted by Crippen LogP contribution is 2.33. The smallest absolute Gasteiger partial charge is 0.0883 e. The van der Waals surface area contributed by atoms with Crippen molar-refractivity contribution in [2.24, 2.45) is 0 Å². The zero-order valence-corrected chi connectivity index (χ0v) is 12.8. The molecule has 21 heavy (non-hydrogen) atoms. The molecule has 1 nitrogen and oxygen atoms in total. The maximum Gasteiger partial charge on any atom is 0.0883 e. The van der Waals surface area contributed by atoms with Gasteiger partial charge in [0.05, 0.1) is 8.15 Å². The summed E-state index contributed by atoms with van der Waals surface area (Å²) in [5.41, 5.74) is 3.49. The Morgan fingerprint density at radius 3 is 2.24 bits per heavy atom. The fraction of sp³-hybridized carbons (Fsp3) is 0.0526. The Kier molecular flexibility index (Phi) is 4.15. The molecule has 0 spiro atoms. The van der Waals surface area contributed by atoms with E-state index in [1.807, 2.05) is 48.5 Å². The highest BCUT2D eigenvalue weighted by molar-refractivity contribution is 7.67. The first-order valence-electron chi connectivity index (χ1n) is 6.96. The summed E-state index contributed by atoms with van der Waals surface area (Å²) in [5, 5.41) is 1.98.